The molecule has 0 radical (unpaired) electrons. The number of thioether (sulfide) groups is 2. The lowest BCUT2D eigenvalue weighted by Gasteiger charge is -2.49. The summed E-state index contributed by atoms with van der Waals surface area (Å²) < 4.78 is 6.31. The fourth-order valence-electron chi connectivity index (χ4n) is 3.40. The number of carbonyl (C=O) groups is 5. The number of aliphatic carboxylic acids is 2. The topological polar surface area (TPSA) is 268 Å². The van der Waals surface area contributed by atoms with Gasteiger partial charge in [0, 0.05) is 23.0 Å². The van der Waals surface area contributed by atoms with Crippen LogP contribution in [-0.4, -0.2) is 98.9 Å². The number of nitrogens with zero attached hydrogens (tertiary/aromatic N) is 4. The lowest BCUT2D eigenvalue weighted by molar-refractivity contribution is -0.150. The summed E-state index contributed by atoms with van der Waals surface area (Å²) in [6.07, 6.45) is 0. The van der Waals surface area contributed by atoms with Gasteiger partial charge in [-0.15, -0.1) is 23.5 Å². The summed E-state index contributed by atoms with van der Waals surface area (Å²) in [5, 5.41) is 32.9. The average molecular weight is 618 g/mol. The molecule has 2 aliphatic heterocycles. The molecule has 2 atom stereocenters. The molecule has 1 unspecified atom stereocenters. The number of anilines is 1. The molecule has 0 spiro atoms. The van der Waals surface area contributed by atoms with Gasteiger partial charge >= 0.3 is 17.9 Å². The summed E-state index contributed by atoms with van der Waals surface area (Å²) in [7, 11) is 0. The number of hydrogen-bond acceptors (Lipinski definition) is 15. The first kappa shape index (κ1) is 28.1. The number of hydrogen-bond donors (Lipinski definition) is 6. The van der Waals surface area contributed by atoms with Crippen molar-refractivity contribution in [1.82, 2.24) is 23.9 Å². The summed E-state index contributed by atoms with van der Waals surface area (Å²) in [5.74, 6) is -6.06. The van der Waals surface area contributed by atoms with E-state index in [-0.39, 0.29) is 32.4 Å². The first-order valence-corrected chi connectivity index (χ1v) is 13.9. The van der Waals surface area contributed by atoms with Gasteiger partial charge in [-0.25, -0.2) is 14.4 Å². The number of oxime groups is 1. The molecule has 7 N–H and O–H groups in total. The minimum Gasteiger partial charge on any atom is -0.479 e. The Morgan fingerprint density at radius 3 is 2.59 bits per heavy atom. The van der Waals surface area contributed by atoms with Crippen molar-refractivity contribution in [3.8, 4) is 0 Å². The molecule has 39 heavy (non-hydrogen) atoms. The Kier molecular flexibility index (Phi) is 8.22. The van der Waals surface area contributed by atoms with Gasteiger partial charge in [-0.2, -0.15) is 9.36 Å². The average Bonchev–Trinajstić information content (AvgIpc) is 3.47. The largest absolute Gasteiger partial charge is 0.479 e. The zero-order valence-corrected chi connectivity index (χ0v) is 22.2. The van der Waals surface area contributed by atoms with Crippen LogP contribution in [0, 0.1) is 0 Å². The van der Waals surface area contributed by atoms with E-state index in [1.165, 1.54) is 0 Å². The van der Waals surface area contributed by atoms with E-state index >= 15 is 0 Å². The Hall–Kier alpha value is -3.95. The maximum atomic E-state index is 13.0. The number of aromatic carboxylic acids is 1. The van der Waals surface area contributed by atoms with Crippen LogP contribution in [0.2, 0.25) is 0 Å². The summed E-state index contributed by atoms with van der Waals surface area (Å²) in [6.45, 7) is -0.869. The highest BCUT2D eigenvalue weighted by Crippen LogP contribution is 2.42. The highest BCUT2D eigenvalue weighted by molar-refractivity contribution is 8.02. The molecule has 21 heteroatoms. The molecule has 17 nitrogen and oxygen atoms in total. The molecule has 4 heterocycles. The van der Waals surface area contributed by atoms with Crippen molar-refractivity contribution in [3.63, 3.8) is 0 Å². The van der Waals surface area contributed by atoms with Crippen LogP contribution < -0.4 is 16.6 Å². The SMILES string of the molecule is Nc1nc(/C(=N\OCC(=O)O)C(=O)NC2C(=O)N3C(C(=O)O)=C(CSc4s[nH]c(=O)c4C(=O)O)CS[C@H]23)ns1. The second kappa shape index (κ2) is 11.4. The second-order valence-electron chi connectivity index (χ2n) is 7.47. The van der Waals surface area contributed by atoms with E-state index in [0.717, 1.165) is 51.5 Å². The normalized spacial score (nSPS) is 18.8. The fraction of sp³-hybridized carbons (Fsp3) is 0.278. The summed E-state index contributed by atoms with van der Waals surface area (Å²) >= 11 is 3.64. The third-order valence-corrected chi connectivity index (χ3v) is 9.13. The number of β-lactam (4-membered cyclic amide) rings is 1. The highest BCUT2D eigenvalue weighted by Gasteiger charge is 2.54. The molecule has 206 valence electrons. The number of carboxylic acid groups (broad SMARTS) is 3. The molecule has 4 rings (SSSR count). The van der Waals surface area contributed by atoms with Gasteiger partial charge in [-0.3, -0.25) is 23.7 Å². The number of rotatable bonds is 11. The molecule has 0 aromatic carbocycles. The van der Waals surface area contributed by atoms with E-state index < -0.39 is 64.6 Å². The molecule has 1 saturated heterocycles. The Balaban J connectivity index is 1.51. The van der Waals surface area contributed by atoms with Gasteiger partial charge in [0.25, 0.3) is 17.4 Å². The van der Waals surface area contributed by atoms with Crippen molar-refractivity contribution in [2.75, 3.05) is 23.8 Å². The quantitative estimate of drug-likeness (QED) is 0.0756. The van der Waals surface area contributed by atoms with Crippen LogP contribution in [-0.2, 0) is 24.0 Å². The van der Waals surface area contributed by atoms with E-state index in [2.05, 4.69) is 29.0 Å². The van der Waals surface area contributed by atoms with Crippen molar-refractivity contribution >= 4 is 87.2 Å². The number of aromatic amines is 1. The standard InChI is InChI=1S/C18H15N7O10S4/c19-18-21-10(23-39-18)7(22-35-1-5(26)27)12(29)20-8-13(30)25-9(16(33)34)4(2-36-14(8)25)3-37-17-6(15(31)32)11(28)24-38-17/h8,14H,1-3H2,(H,20,29)(H,24,28)(H,26,27)(H,31,32)(H,33,34)(H2,19,21,23)/b22-7+/t8?,14-/m1/s1. The molecule has 2 aromatic rings. The van der Waals surface area contributed by atoms with E-state index in [9.17, 15) is 39.0 Å². The Bertz CT molecular complexity index is 1490. The number of carboxylic acids is 3. The fourth-order valence-corrected chi connectivity index (χ4v) is 7.28. The van der Waals surface area contributed by atoms with E-state index in [0.29, 0.717) is 5.57 Å². The maximum Gasteiger partial charge on any atom is 0.352 e. The van der Waals surface area contributed by atoms with Crippen molar-refractivity contribution < 1.29 is 44.1 Å². The summed E-state index contributed by atoms with van der Waals surface area (Å²) in [4.78, 5) is 81.2. The minimum absolute atomic E-state index is 0.00906. The lowest BCUT2D eigenvalue weighted by atomic mass is 10.0. The van der Waals surface area contributed by atoms with Gasteiger partial charge in [0.15, 0.2) is 10.7 Å². The minimum atomic E-state index is -1.42. The second-order valence-corrected chi connectivity index (χ2v) is 11.4. The third-order valence-electron chi connectivity index (χ3n) is 5.01. The van der Waals surface area contributed by atoms with Crippen LogP contribution in [0.15, 0.2) is 25.4 Å². The Morgan fingerprint density at radius 2 is 1.97 bits per heavy atom. The van der Waals surface area contributed by atoms with Gasteiger partial charge in [0.05, 0.1) is 4.21 Å². The van der Waals surface area contributed by atoms with Crippen LogP contribution in [0.3, 0.4) is 0 Å². The monoisotopic (exact) mass is 617 g/mol. The van der Waals surface area contributed by atoms with Crippen LogP contribution in [0.4, 0.5) is 5.13 Å². The first-order valence-electron chi connectivity index (χ1n) is 10.3. The Labute approximate surface area is 232 Å². The van der Waals surface area contributed by atoms with Crippen molar-refractivity contribution in [1.29, 1.82) is 0 Å². The number of aromatic nitrogens is 3. The summed E-state index contributed by atoms with van der Waals surface area (Å²) in [6, 6.07) is -1.17. The predicted octanol–water partition coefficient (Wildman–Crippen LogP) is -1.10. The Morgan fingerprint density at radius 1 is 1.23 bits per heavy atom. The summed E-state index contributed by atoms with van der Waals surface area (Å²) in [5.41, 5.74) is 3.77. The molecule has 0 aliphatic carbocycles. The number of nitrogens with one attached hydrogen (secondary N) is 2. The van der Waals surface area contributed by atoms with Crippen LogP contribution in [0.25, 0.3) is 0 Å². The van der Waals surface area contributed by atoms with Gasteiger partial charge in [-0.05, 0) is 5.57 Å². The van der Waals surface area contributed by atoms with Gasteiger partial charge < -0.3 is 31.2 Å². The predicted molar refractivity (Wildman–Crippen MR) is 137 cm³/mol. The van der Waals surface area contributed by atoms with Gasteiger partial charge in [0.1, 0.15) is 17.1 Å². The molecular weight excluding hydrogens is 603 g/mol. The number of carbonyl (C=O) groups excluding carboxylic acids is 2. The van der Waals surface area contributed by atoms with Crippen molar-refractivity contribution in [3.05, 3.63) is 33.0 Å². The van der Waals surface area contributed by atoms with Gasteiger partial charge in [0.2, 0.25) is 18.1 Å². The number of H-pyrrole nitrogens is 1. The van der Waals surface area contributed by atoms with E-state index in [1.54, 1.807) is 0 Å². The molecule has 2 aromatic heterocycles. The number of nitrogens with two attached hydrogens (primary N) is 1. The molecule has 2 amide bonds. The number of nitrogen functional groups attached to an aromatic ring is 1. The number of amides is 2. The number of fused-ring (bicyclic) bond motifs is 1. The molecule has 0 saturated carbocycles. The maximum absolute atomic E-state index is 13.0. The van der Waals surface area contributed by atoms with Crippen LogP contribution in [0.5, 0.6) is 0 Å². The van der Waals surface area contributed by atoms with Gasteiger partial charge in [-0.1, -0.05) is 16.7 Å². The van der Waals surface area contributed by atoms with Crippen LogP contribution >= 0.6 is 46.6 Å². The molecule has 2 aliphatic rings. The first-order chi connectivity index (χ1) is 18.5. The van der Waals surface area contributed by atoms with E-state index in [4.69, 9.17) is 10.8 Å². The van der Waals surface area contributed by atoms with Crippen LogP contribution in [0.1, 0.15) is 16.2 Å². The van der Waals surface area contributed by atoms with Crippen molar-refractivity contribution in [2.45, 2.75) is 15.6 Å². The third kappa shape index (κ3) is 5.74. The molecule has 0 bridgehead atoms. The smallest absolute Gasteiger partial charge is 0.352 e. The molecular formula is C18H15N7O10S4. The lowest BCUT2D eigenvalue weighted by Crippen LogP contribution is -2.71. The molecule has 1 fully saturated rings. The van der Waals surface area contributed by atoms with E-state index in [1.807, 2.05) is 0 Å². The zero-order chi connectivity index (χ0) is 28.4. The van der Waals surface area contributed by atoms with Crippen molar-refractivity contribution in [2.24, 2.45) is 5.16 Å². The zero-order valence-electron chi connectivity index (χ0n) is 19.0. The highest BCUT2D eigenvalue weighted by atomic mass is 32.2.